The molecule has 0 atom stereocenters. The molecule has 1 N–H and O–H groups in total. The summed E-state index contributed by atoms with van der Waals surface area (Å²) in [4.78, 5) is 26.0. The van der Waals surface area contributed by atoms with Gasteiger partial charge in [-0.2, -0.15) is 5.01 Å². The molecule has 1 fully saturated rings. The molecule has 2 amide bonds. The van der Waals surface area contributed by atoms with E-state index in [9.17, 15) is 9.59 Å². The number of thiocarbonyl (C=S) groups is 1. The highest BCUT2D eigenvalue weighted by molar-refractivity contribution is 8.27. The number of anilines is 1. The van der Waals surface area contributed by atoms with Crippen LogP contribution in [0.3, 0.4) is 0 Å². The molecule has 0 unspecified atom stereocenters. The van der Waals surface area contributed by atoms with E-state index in [1.165, 1.54) is 23.9 Å². The van der Waals surface area contributed by atoms with Crippen LogP contribution >= 0.6 is 24.0 Å². The third kappa shape index (κ3) is 5.32. The Morgan fingerprint density at radius 2 is 1.72 bits per heavy atom. The van der Waals surface area contributed by atoms with Gasteiger partial charge in [-0.15, -0.1) is 0 Å². The highest BCUT2D eigenvalue weighted by Gasteiger charge is 2.34. The van der Waals surface area contributed by atoms with E-state index in [1.807, 2.05) is 62.7 Å². The Bertz CT molecular complexity index is 1370. The second-order valence-electron chi connectivity index (χ2n) is 8.47. The molecule has 9 heteroatoms. The molecule has 1 saturated heterocycles. The summed E-state index contributed by atoms with van der Waals surface area (Å²) in [7, 11) is 1.53. The van der Waals surface area contributed by atoms with Crippen LogP contribution in [-0.4, -0.2) is 34.5 Å². The molecule has 0 aliphatic carbocycles. The summed E-state index contributed by atoms with van der Waals surface area (Å²) in [6.45, 7) is 7.71. The lowest BCUT2D eigenvalue weighted by atomic mass is 10.1. The first-order chi connectivity index (χ1) is 17.2. The van der Waals surface area contributed by atoms with E-state index in [4.69, 9.17) is 21.7 Å². The van der Waals surface area contributed by atoms with Gasteiger partial charge in [0, 0.05) is 17.1 Å². The predicted molar refractivity (Wildman–Crippen MR) is 148 cm³/mol. The number of methoxy groups -OCH3 is 1. The predicted octanol–water partition coefficient (Wildman–Crippen LogP) is 5.29. The van der Waals surface area contributed by atoms with Crippen molar-refractivity contribution < 1.29 is 19.1 Å². The van der Waals surface area contributed by atoms with Crippen molar-refractivity contribution in [2.75, 3.05) is 24.0 Å². The standard InChI is InChI=1S/C27H27N3O4S2/c1-16-6-10-21(12-17(16)2)28-25(31)15-34-22-11-9-20(13-23(22)33-5)14-24-26(32)30(27(35)36-24)29-18(3)7-8-19(29)4/h6-14H,15H2,1-5H3,(H,28,31). The van der Waals surface area contributed by atoms with Gasteiger partial charge in [-0.1, -0.05) is 23.9 Å². The minimum atomic E-state index is -0.274. The van der Waals surface area contributed by atoms with Crippen molar-refractivity contribution >= 4 is 51.9 Å². The SMILES string of the molecule is COc1cc(C=C2SC(=S)N(n3c(C)ccc3C)C2=O)ccc1OCC(=O)Nc1ccc(C)c(C)c1. The summed E-state index contributed by atoms with van der Waals surface area (Å²) in [6, 6.07) is 14.9. The lowest BCUT2D eigenvalue weighted by Gasteiger charge is -2.20. The zero-order valence-corrected chi connectivity index (χ0v) is 22.4. The first kappa shape index (κ1) is 25.5. The molecule has 1 aliphatic heterocycles. The fourth-order valence-corrected chi connectivity index (χ4v) is 5.05. The molecule has 0 bridgehead atoms. The largest absolute Gasteiger partial charge is 0.493 e. The molecule has 186 valence electrons. The summed E-state index contributed by atoms with van der Waals surface area (Å²) >= 11 is 6.74. The van der Waals surface area contributed by atoms with Crippen molar-refractivity contribution in [2.45, 2.75) is 27.7 Å². The Morgan fingerprint density at radius 1 is 1.00 bits per heavy atom. The minimum Gasteiger partial charge on any atom is -0.493 e. The Morgan fingerprint density at radius 3 is 2.39 bits per heavy atom. The van der Waals surface area contributed by atoms with Gasteiger partial charge in [0.05, 0.1) is 12.0 Å². The summed E-state index contributed by atoms with van der Waals surface area (Å²) in [5.74, 6) is 0.421. The molecule has 3 aromatic rings. The van der Waals surface area contributed by atoms with Crippen molar-refractivity contribution in [1.29, 1.82) is 0 Å². The zero-order valence-electron chi connectivity index (χ0n) is 20.7. The van der Waals surface area contributed by atoms with Crippen LogP contribution in [0.5, 0.6) is 11.5 Å². The van der Waals surface area contributed by atoms with Crippen molar-refractivity contribution in [2.24, 2.45) is 0 Å². The fraction of sp³-hybridized carbons (Fsp3) is 0.222. The quantitative estimate of drug-likeness (QED) is 0.337. The molecule has 4 rings (SSSR count). The van der Waals surface area contributed by atoms with E-state index >= 15 is 0 Å². The van der Waals surface area contributed by atoms with Crippen LogP contribution in [0.2, 0.25) is 0 Å². The maximum absolute atomic E-state index is 13.1. The van der Waals surface area contributed by atoms with E-state index in [1.54, 1.807) is 24.3 Å². The summed E-state index contributed by atoms with van der Waals surface area (Å²) in [5, 5.41) is 4.35. The maximum Gasteiger partial charge on any atom is 0.285 e. The number of rotatable bonds is 7. The first-order valence-corrected chi connectivity index (χ1v) is 12.5. The average molecular weight is 522 g/mol. The molecule has 1 aliphatic rings. The normalized spacial score (nSPS) is 14.5. The number of hydrogen-bond donors (Lipinski definition) is 1. The monoisotopic (exact) mass is 521 g/mol. The first-order valence-electron chi connectivity index (χ1n) is 11.3. The van der Waals surface area contributed by atoms with E-state index in [0.717, 1.165) is 33.8 Å². The topological polar surface area (TPSA) is 72.8 Å². The van der Waals surface area contributed by atoms with Gasteiger partial charge in [-0.25, -0.2) is 0 Å². The molecule has 0 radical (unpaired) electrons. The maximum atomic E-state index is 13.1. The molecule has 2 aromatic carbocycles. The number of hydrogen-bond acceptors (Lipinski definition) is 6. The van der Waals surface area contributed by atoms with Crippen molar-refractivity contribution in [1.82, 2.24) is 4.68 Å². The van der Waals surface area contributed by atoms with Gasteiger partial charge in [0.1, 0.15) is 0 Å². The Kier molecular flexibility index (Phi) is 7.51. The smallest absolute Gasteiger partial charge is 0.285 e. The van der Waals surface area contributed by atoms with Crippen LogP contribution in [0.15, 0.2) is 53.4 Å². The molecular formula is C27H27N3O4S2. The number of benzene rings is 2. The average Bonchev–Trinajstić information content (AvgIpc) is 3.31. The number of amides is 2. The molecule has 0 saturated carbocycles. The van der Waals surface area contributed by atoms with E-state index in [2.05, 4.69) is 5.32 Å². The van der Waals surface area contributed by atoms with Gasteiger partial charge in [-0.3, -0.25) is 14.3 Å². The lowest BCUT2D eigenvalue weighted by Crippen LogP contribution is -2.39. The molecule has 1 aromatic heterocycles. The Hall–Kier alpha value is -3.56. The van der Waals surface area contributed by atoms with Gasteiger partial charge >= 0.3 is 0 Å². The van der Waals surface area contributed by atoms with E-state index < -0.39 is 0 Å². The highest BCUT2D eigenvalue weighted by Crippen LogP contribution is 2.35. The number of aromatic nitrogens is 1. The lowest BCUT2D eigenvalue weighted by molar-refractivity contribution is -0.118. The van der Waals surface area contributed by atoms with Crippen molar-refractivity contribution in [3.8, 4) is 11.5 Å². The number of nitrogens with zero attached hydrogens (tertiary/aromatic N) is 2. The van der Waals surface area contributed by atoms with E-state index in [0.29, 0.717) is 20.7 Å². The molecular weight excluding hydrogens is 494 g/mol. The number of carbonyl (C=O) groups is 2. The number of carbonyl (C=O) groups excluding carboxylic acids is 2. The zero-order chi connectivity index (χ0) is 26.0. The van der Waals surface area contributed by atoms with Crippen molar-refractivity contribution in [3.05, 3.63) is 81.5 Å². The fourth-order valence-electron chi connectivity index (χ4n) is 3.81. The van der Waals surface area contributed by atoms with Gasteiger partial charge in [0.2, 0.25) is 0 Å². The van der Waals surface area contributed by atoms with Crippen LogP contribution in [-0.2, 0) is 9.59 Å². The molecule has 0 spiro atoms. The van der Waals surface area contributed by atoms with Crippen LogP contribution in [0.25, 0.3) is 6.08 Å². The van der Waals surface area contributed by atoms with Crippen LogP contribution in [0.4, 0.5) is 5.69 Å². The Labute approximate surface area is 220 Å². The number of thioether (sulfide) groups is 1. The number of nitrogens with one attached hydrogen (secondary N) is 1. The van der Waals surface area contributed by atoms with Crippen molar-refractivity contribution in [3.63, 3.8) is 0 Å². The number of aryl methyl sites for hydroxylation is 4. The minimum absolute atomic E-state index is 0.170. The molecule has 7 nitrogen and oxygen atoms in total. The van der Waals surface area contributed by atoms with Gasteiger partial charge in [0.25, 0.3) is 11.8 Å². The van der Waals surface area contributed by atoms with Gasteiger partial charge in [0.15, 0.2) is 22.4 Å². The summed E-state index contributed by atoms with van der Waals surface area (Å²) in [5.41, 5.74) is 5.58. The number of ether oxygens (including phenoxy) is 2. The molecule has 2 heterocycles. The third-order valence-corrected chi connectivity index (χ3v) is 7.13. The summed E-state index contributed by atoms with van der Waals surface area (Å²) < 4.78 is 13.5. The second-order valence-corrected chi connectivity index (χ2v) is 10.1. The Balaban J connectivity index is 1.46. The molecule has 36 heavy (non-hydrogen) atoms. The third-order valence-electron chi connectivity index (χ3n) is 5.84. The van der Waals surface area contributed by atoms with Crippen LogP contribution in [0.1, 0.15) is 28.1 Å². The van der Waals surface area contributed by atoms with Gasteiger partial charge in [-0.05, 0) is 99.1 Å². The van der Waals surface area contributed by atoms with Crippen LogP contribution < -0.4 is 19.8 Å². The summed E-state index contributed by atoms with van der Waals surface area (Å²) in [6.07, 6.45) is 1.77. The van der Waals surface area contributed by atoms with E-state index in [-0.39, 0.29) is 18.4 Å². The van der Waals surface area contributed by atoms with Gasteiger partial charge < -0.3 is 14.8 Å². The second kappa shape index (κ2) is 10.6. The van der Waals surface area contributed by atoms with Crippen LogP contribution in [0, 0.1) is 27.7 Å². The highest BCUT2D eigenvalue weighted by atomic mass is 32.2.